The Morgan fingerprint density at radius 1 is 1.39 bits per heavy atom. The Bertz CT molecular complexity index is 848. The van der Waals surface area contributed by atoms with Crippen LogP contribution >= 0.6 is 11.8 Å². The van der Waals surface area contributed by atoms with Gasteiger partial charge in [-0.15, -0.1) is 11.8 Å². The van der Waals surface area contributed by atoms with Crippen LogP contribution in [0.2, 0.25) is 0 Å². The first kappa shape index (κ1) is 21.7. The van der Waals surface area contributed by atoms with Gasteiger partial charge in [0.1, 0.15) is 0 Å². The van der Waals surface area contributed by atoms with Crippen molar-refractivity contribution in [3.8, 4) is 17.1 Å². The van der Waals surface area contributed by atoms with Crippen LogP contribution in [0.1, 0.15) is 37.9 Å². The molecule has 0 saturated heterocycles. The first-order valence-corrected chi connectivity index (χ1v) is 10.3. The van der Waals surface area contributed by atoms with Crippen LogP contribution in [-0.2, 0) is 0 Å². The van der Waals surface area contributed by atoms with Crippen molar-refractivity contribution < 1.29 is 4.74 Å². The number of nitrogens with one attached hydrogen (secondary N) is 2. The molecular weight excluding hydrogens is 368 g/mol. The summed E-state index contributed by atoms with van der Waals surface area (Å²) in [6, 6.07) is 5.77. The number of hydrogen-bond donors (Lipinski definition) is 2. The van der Waals surface area contributed by atoms with Gasteiger partial charge in [-0.2, -0.15) is 0 Å². The average molecular weight is 397 g/mol. The number of nitrogens with zero attached hydrogens (tertiary/aromatic N) is 2. The standard InChI is InChI=1S/C22H28N4OS/c1-5-7-8-12-28-16(3)15-25-19-13-20(26-21(14-23)17(19)4)18-10-9-11-24-22(18)27-6-2/h8-14,23H,3,5-7,15H2,1-2,4H3,(H,25,26)/b12-8-,23-14?. The number of ether oxygens (including phenoxy) is 1. The molecule has 0 spiro atoms. The van der Waals surface area contributed by atoms with Crippen molar-refractivity contribution in [2.75, 3.05) is 18.5 Å². The Kier molecular flexibility index (Phi) is 8.75. The first-order valence-electron chi connectivity index (χ1n) is 9.44. The van der Waals surface area contributed by atoms with Gasteiger partial charge in [0, 0.05) is 29.5 Å². The van der Waals surface area contributed by atoms with Crippen molar-refractivity contribution in [1.29, 1.82) is 5.41 Å². The summed E-state index contributed by atoms with van der Waals surface area (Å²) in [4.78, 5) is 9.96. The van der Waals surface area contributed by atoms with E-state index in [1.165, 1.54) is 6.21 Å². The Hall–Kier alpha value is -2.60. The number of aromatic nitrogens is 2. The summed E-state index contributed by atoms with van der Waals surface area (Å²) in [5, 5.41) is 13.2. The van der Waals surface area contributed by atoms with E-state index in [2.05, 4.69) is 40.3 Å². The molecule has 2 heterocycles. The smallest absolute Gasteiger partial charge is 0.222 e. The minimum absolute atomic E-state index is 0.529. The highest BCUT2D eigenvalue weighted by Crippen LogP contribution is 2.30. The molecule has 28 heavy (non-hydrogen) atoms. The molecule has 2 rings (SSSR count). The maximum absolute atomic E-state index is 7.73. The van der Waals surface area contributed by atoms with E-state index in [0.717, 1.165) is 40.3 Å². The van der Waals surface area contributed by atoms with E-state index < -0.39 is 0 Å². The number of anilines is 1. The molecule has 0 radical (unpaired) electrons. The fourth-order valence-electron chi connectivity index (χ4n) is 2.54. The molecule has 0 unspecified atom stereocenters. The highest BCUT2D eigenvalue weighted by Gasteiger charge is 2.13. The number of unbranched alkanes of at least 4 members (excludes halogenated alkanes) is 1. The van der Waals surface area contributed by atoms with Crippen LogP contribution in [0.4, 0.5) is 5.69 Å². The van der Waals surface area contributed by atoms with Crippen molar-refractivity contribution in [3.05, 3.63) is 58.6 Å². The molecule has 2 N–H and O–H groups in total. The summed E-state index contributed by atoms with van der Waals surface area (Å²) < 4.78 is 5.64. The fourth-order valence-corrected chi connectivity index (χ4v) is 3.12. The van der Waals surface area contributed by atoms with E-state index in [0.29, 0.717) is 24.7 Å². The monoisotopic (exact) mass is 396 g/mol. The van der Waals surface area contributed by atoms with Gasteiger partial charge in [-0.05, 0) is 49.4 Å². The molecule has 0 amide bonds. The van der Waals surface area contributed by atoms with E-state index >= 15 is 0 Å². The molecule has 0 fully saturated rings. The molecule has 5 nitrogen and oxygen atoms in total. The summed E-state index contributed by atoms with van der Waals surface area (Å²) in [5.74, 6) is 0.546. The van der Waals surface area contributed by atoms with E-state index in [-0.39, 0.29) is 0 Å². The van der Waals surface area contributed by atoms with Crippen molar-refractivity contribution >= 4 is 23.7 Å². The van der Waals surface area contributed by atoms with Gasteiger partial charge in [0.2, 0.25) is 5.88 Å². The summed E-state index contributed by atoms with van der Waals surface area (Å²) in [5.41, 5.74) is 4.01. The van der Waals surface area contributed by atoms with Gasteiger partial charge in [-0.3, -0.25) is 0 Å². The van der Waals surface area contributed by atoms with Crippen molar-refractivity contribution in [3.63, 3.8) is 0 Å². The Morgan fingerprint density at radius 2 is 2.21 bits per heavy atom. The van der Waals surface area contributed by atoms with Crippen LogP contribution in [0.3, 0.4) is 0 Å². The van der Waals surface area contributed by atoms with Crippen molar-refractivity contribution in [2.45, 2.75) is 33.6 Å². The number of allylic oxidation sites excluding steroid dienone is 1. The lowest BCUT2D eigenvalue weighted by atomic mass is 10.1. The highest BCUT2D eigenvalue weighted by molar-refractivity contribution is 8.05. The minimum atomic E-state index is 0.529. The predicted octanol–water partition coefficient (Wildman–Crippen LogP) is 5.82. The lowest BCUT2D eigenvalue weighted by Gasteiger charge is -2.15. The van der Waals surface area contributed by atoms with Crippen LogP contribution in [0.5, 0.6) is 5.88 Å². The summed E-state index contributed by atoms with van der Waals surface area (Å²) in [6.07, 6.45) is 7.36. The minimum Gasteiger partial charge on any atom is -0.477 e. The second-order valence-electron chi connectivity index (χ2n) is 6.17. The zero-order valence-electron chi connectivity index (χ0n) is 16.8. The molecular formula is C22H28N4OS. The first-order chi connectivity index (χ1) is 13.6. The van der Waals surface area contributed by atoms with Crippen LogP contribution in [-0.4, -0.2) is 29.3 Å². The van der Waals surface area contributed by atoms with E-state index in [4.69, 9.17) is 10.1 Å². The Balaban J connectivity index is 2.25. The third-order valence-corrected chi connectivity index (χ3v) is 4.84. The maximum atomic E-state index is 7.73. The molecule has 0 aliphatic heterocycles. The Labute approximate surface area is 171 Å². The Morgan fingerprint density at radius 3 is 2.93 bits per heavy atom. The quantitative estimate of drug-likeness (QED) is 0.468. The zero-order chi connectivity index (χ0) is 20.4. The SMILES string of the molecule is C=C(CNc1cc(-c2cccnc2OCC)nc(C=N)c1C)S/C=C\CCC. The largest absolute Gasteiger partial charge is 0.477 e. The van der Waals surface area contributed by atoms with Crippen LogP contribution in [0, 0.1) is 12.3 Å². The maximum Gasteiger partial charge on any atom is 0.222 e. The molecule has 0 saturated carbocycles. The van der Waals surface area contributed by atoms with Gasteiger partial charge in [0.25, 0.3) is 0 Å². The number of rotatable bonds is 11. The third kappa shape index (κ3) is 5.96. The van der Waals surface area contributed by atoms with Crippen molar-refractivity contribution in [2.24, 2.45) is 0 Å². The molecule has 148 valence electrons. The highest BCUT2D eigenvalue weighted by atomic mass is 32.2. The van der Waals surface area contributed by atoms with Gasteiger partial charge in [-0.25, -0.2) is 9.97 Å². The average Bonchev–Trinajstić information content (AvgIpc) is 2.71. The number of hydrogen-bond acceptors (Lipinski definition) is 6. The lowest BCUT2D eigenvalue weighted by Crippen LogP contribution is -2.07. The second-order valence-corrected chi connectivity index (χ2v) is 7.25. The molecule has 2 aromatic heterocycles. The number of thioether (sulfide) groups is 1. The third-order valence-electron chi connectivity index (χ3n) is 4.04. The molecule has 6 heteroatoms. The zero-order valence-corrected chi connectivity index (χ0v) is 17.6. The predicted molar refractivity (Wildman–Crippen MR) is 121 cm³/mol. The lowest BCUT2D eigenvalue weighted by molar-refractivity contribution is 0.328. The topological polar surface area (TPSA) is 70.9 Å². The molecule has 0 atom stereocenters. The van der Waals surface area contributed by atoms with Crippen LogP contribution < -0.4 is 10.1 Å². The van der Waals surface area contributed by atoms with E-state index in [1.807, 2.05) is 32.0 Å². The molecule has 2 aromatic rings. The normalized spacial score (nSPS) is 10.8. The fraction of sp³-hybridized carbons (Fsp3) is 0.318. The molecule has 0 aliphatic rings. The summed E-state index contributed by atoms with van der Waals surface area (Å²) >= 11 is 1.63. The molecule has 0 aliphatic carbocycles. The van der Waals surface area contributed by atoms with Gasteiger partial charge in [0.15, 0.2) is 0 Å². The van der Waals surface area contributed by atoms with Gasteiger partial charge < -0.3 is 15.5 Å². The number of pyridine rings is 2. The van der Waals surface area contributed by atoms with Crippen molar-refractivity contribution in [1.82, 2.24) is 9.97 Å². The second kappa shape index (κ2) is 11.3. The molecule has 0 aromatic carbocycles. The van der Waals surface area contributed by atoms with Gasteiger partial charge in [0.05, 0.1) is 23.6 Å². The van der Waals surface area contributed by atoms with Gasteiger partial charge in [-0.1, -0.05) is 26.0 Å². The van der Waals surface area contributed by atoms with E-state index in [1.54, 1.807) is 18.0 Å². The summed E-state index contributed by atoms with van der Waals surface area (Å²) in [6.45, 7) is 11.3. The van der Waals surface area contributed by atoms with Gasteiger partial charge >= 0.3 is 0 Å². The molecule has 0 bridgehead atoms. The van der Waals surface area contributed by atoms with E-state index in [9.17, 15) is 0 Å². The van der Waals surface area contributed by atoms with Crippen LogP contribution in [0.25, 0.3) is 11.3 Å². The summed E-state index contributed by atoms with van der Waals surface area (Å²) in [7, 11) is 0. The van der Waals surface area contributed by atoms with Crippen LogP contribution in [0.15, 0.2) is 47.4 Å².